The minimum absolute atomic E-state index is 0.192. The molecule has 5 aromatic rings. The van der Waals surface area contributed by atoms with Crippen molar-refractivity contribution in [3.63, 3.8) is 0 Å². The van der Waals surface area contributed by atoms with Gasteiger partial charge in [0.25, 0.3) is 5.56 Å². The molecule has 1 atom stereocenters. The van der Waals surface area contributed by atoms with Crippen molar-refractivity contribution in [3.05, 3.63) is 133 Å². The first kappa shape index (κ1) is 27.5. The number of para-hydroxylation sites is 2. The summed E-state index contributed by atoms with van der Waals surface area (Å²) in [4.78, 5) is 32.4. The van der Waals surface area contributed by atoms with Crippen molar-refractivity contribution in [1.82, 2.24) is 9.13 Å². The van der Waals surface area contributed by atoms with Crippen LogP contribution in [0.1, 0.15) is 36.6 Å². The van der Waals surface area contributed by atoms with E-state index in [-0.39, 0.29) is 12.2 Å². The minimum Gasteiger partial charge on any atom is -0.492 e. The van der Waals surface area contributed by atoms with E-state index >= 15 is 0 Å². The van der Waals surface area contributed by atoms with Gasteiger partial charge in [0.15, 0.2) is 4.80 Å². The molecule has 0 radical (unpaired) electrons. The average molecular weight is 578 g/mol. The first-order valence-corrected chi connectivity index (χ1v) is 14.8. The number of allylic oxidation sites excluding steroid dienone is 1. The van der Waals surface area contributed by atoms with Crippen molar-refractivity contribution in [1.29, 1.82) is 0 Å². The van der Waals surface area contributed by atoms with Gasteiger partial charge in [-0.05, 0) is 50.6 Å². The third kappa shape index (κ3) is 5.21. The summed E-state index contributed by atoms with van der Waals surface area (Å²) in [7, 11) is 0. The molecular weight excluding hydrogens is 546 g/mol. The molecule has 8 heteroatoms. The summed E-state index contributed by atoms with van der Waals surface area (Å²) in [5.41, 5.74) is 4.67. The fraction of sp³-hybridized carbons (Fsp3) is 0.206. The average Bonchev–Trinajstić information content (AvgIpc) is 3.50. The summed E-state index contributed by atoms with van der Waals surface area (Å²) in [5.74, 6) is 0.371. The Kier molecular flexibility index (Phi) is 7.63. The second kappa shape index (κ2) is 11.7. The number of esters is 1. The lowest BCUT2D eigenvalue weighted by Crippen LogP contribution is -2.39. The van der Waals surface area contributed by atoms with E-state index in [0.29, 0.717) is 33.8 Å². The number of carbonyl (C=O) groups is 1. The van der Waals surface area contributed by atoms with Gasteiger partial charge in [-0.15, -0.1) is 0 Å². The molecule has 6 rings (SSSR count). The number of ether oxygens (including phenoxy) is 2. The smallest absolute Gasteiger partial charge is 0.338 e. The molecule has 0 aliphatic carbocycles. The number of aryl methyl sites for hydroxylation is 1. The van der Waals surface area contributed by atoms with E-state index in [1.54, 1.807) is 18.4 Å². The van der Waals surface area contributed by atoms with Gasteiger partial charge in [0.2, 0.25) is 0 Å². The van der Waals surface area contributed by atoms with E-state index in [1.165, 1.54) is 11.3 Å². The van der Waals surface area contributed by atoms with Crippen LogP contribution in [0.3, 0.4) is 0 Å². The molecule has 3 aromatic carbocycles. The van der Waals surface area contributed by atoms with Gasteiger partial charge in [-0.2, -0.15) is 0 Å². The summed E-state index contributed by atoms with van der Waals surface area (Å²) in [6.45, 7) is 6.98. The maximum Gasteiger partial charge on any atom is 0.338 e. The van der Waals surface area contributed by atoms with E-state index in [0.717, 1.165) is 33.3 Å². The number of hydrogen-bond acceptors (Lipinski definition) is 6. The van der Waals surface area contributed by atoms with E-state index < -0.39 is 12.0 Å². The topological polar surface area (TPSA) is 74.8 Å². The zero-order valence-electron chi connectivity index (χ0n) is 23.7. The molecule has 212 valence electrons. The second-order valence-electron chi connectivity index (χ2n) is 10.2. The molecule has 0 amide bonds. The molecule has 0 unspecified atom stereocenters. The Morgan fingerprint density at radius 3 is 2.50 bits per heavy atom. The van der Waals surface area contributed by atoms with Crippen molar-refractivity contribution >= 4 is 34.3 Å². The molecule has 0 fully saturated rings. The second-order valence-corrected chi connectivity index (χ2v) is 11.2. The van der Waals surface area contributed by atoms with Crippen LogP contribution in [0.15, 0.2) is 106 Å². The zero-order valence-corrected chi connectivity index (χ0v) is 24.6. The first-order valence-electron chi connectivity index (χ1n) is 14.0. The maximum atomic E-state index is 14.1. The highest BCUT2D eigenvalue weighted by atomic mass is 32.1. The predicted molar refractivity (Wildman–Crippen MR) is 165 cm³/mol. The molecule has 0 N–H and O–H groups in total. The quantitative estimate of drug-likeness (QED) is 0.240. The molecule has 0 bridgehead atoms. The highest BCUT2D eigenvalue weighted by Crippen LogP contribution is 2.31. The Labute approximate surface area is 247 Å². The van der Waals surface area contributed by atoms with Gasteiger partial charge in [-0.1, -0.05) is 77.6 Å². The standard InChI is InChI=1S/C34H31N3O4S/c1-4-40-33(39)30-23(3)35-34-37(31(30)24-16-14-22(2)15-17-24)32(38)29(42-34)20-25-21-36(28-13-9-8-12-27(25)28)18-19-41-26-10-6-5-7-11-26/h5-17,20-21,31H,4,18-19H2,1-3H3/b29-20+/t31-/m1/s1. The highest BCUT2D eigenvalue weighted by molar-refractivity contribution is 7.07. The van der Waals surface area contributed by atoms with Gasteiger partial charge in [0.05, 0.1) is 35.0 Å². The summed E-state index contributed by atoms with van der Waals surface area (Å²) in [6.07, 6.45) is 3.99. The molecule has 3 heterocycles. The molecule has 0 saturated carbocycles. The van der Waals surface area contributed by atoms with Crippen molar-refractivity contribution < 1.29 is 14.3 Å². The Morgan fingerprint density at radius 2 is 1.74 bits per heavy atom. The number of carbonyl (C=O) groups excluding carboxylic acids is 1. The molecule has 42 heavy (non-hydrogen) atoms. The number of hydrogen-bond donors (Lipinski definition) is 0. The van der Waals surface area contributed by atoms with Crippen LogP contribution in [0.2, 0.25) is 0 Å². The maximum absolute atomic E-state index is 14.1. The van der Waals surface area contributed by atoms with Crippen molar-refractivity contribution in [2.24, 2.45) is 4.99 Å². The molecule has 1 aliphatic heterocycles. The minimum atomic E-state index is -0.625. The Morgan fingerprint density at radius 1 is 1.00 bits per heavy atom. The summed E-state index contributed by atoms with van der Waals surface area (Å²) in [6, 6.07) is 25.2. The third-order valence-corrected chi connectivity index (χ3v) is 8.34. The lowest BCUT2D eigenvalue weighted by atomic mass is 9.95. The van der Waals surface area contributed by atoms with Crippen molar-refractivity contribution in [2.75, 3.05) is 13.2 Å². The number of rotatable bonds is 8. The van der Waals surface area contributed by atoms with Crippen LogP contribution in [0.5, 0.6) is 5.75 Å². The Hall–Kier alpha value is -4.69. The largest absolute Gasteiger partial charge is 0.492 e. The fourth-order valence-electron chi connectivity index (χ4n) is 5.35. The first-order chi connectivity index (χ1) is 20.4. The van der Waals surface area contributed by atoms with Crippen LogP contribution < -0.4 is 19.6 Å². The van der Waals surface area contributed by atoms with Crippen LogP contribution >= 0.6 is 11.3 Å². The molecule has 2 aromatic heterocycles. The molecule has 7 nitrogen and oxygen atoms in total. The van der Waals surface area contributed by atoms with Crippen LogP contribution in [0.25, 0.3) is 17.0 Å². The van der Waals surface area contributed by atoms with Crippen LogP contribution in [-0.4, -0.2) is 28.3 Å². The lowest BCUT2D eigenvalue weighted by molar-refractivity contribution is -0.139. The van der Waals surface area contributed by atoms with E-state index in [2.05, 4.69) is 22.9 Å². The lowest BCUT2D eigenvalue weighted by Gasteiger charge is -2.24. The predicted octanol–water partition coefficient (Wildman–Crippen LogP) is 5.14. The summed E-state index contributed by atoms with van der Waals surface area (Å²) in [5, 5.41) is 1.04. The molecular formula is C34H31N3O4S. The van der Waals surface area contributed by atoms with E-state index in [1.807, 2.05) is 79.7 Å². The SMILES string of the molecule is CCOC(=O)C1=C(C)N=c2s/c(=C/c3cn(CCOc4ccccc4)c4ccccc34)c(=O)n2[C@@H]1c1ccc(C)cc1. The summed E-state index contributed by atoms with van der Waals surface area (Å²) >= 11 is 1.33. The van der Waals surface area contributed by atoms with Crippen LogP contribution in [0, 0.1) is 6.92 Å². The van der Waals surface area contributed by atoms with Gasteiger partial charge >= 0.3 is 5.97 Å². The number of benzene rings is 3. The molecule has 1 aliphatic rings. The monoisotopic (exact) mass is 577 g/mol. The van der Waals surface area contributed by atoms with Gasteiger partial charge in [-0.3, -0.25) is 9.36 Å². The van der Waals surface area contributed by atoms with Crippen LogP contribution in [-0.2, 0) is 16.1 Å². The number of thiazole rings is 1. The summed E-state index contributed by atoms with van der Waals surface area (Å²) < 4.78 is 15.7. The molecule has 0 saturated heterocycles. The Bertz CT molecular complexity index is 1980. The number of fused-ring (bicyclic) bond motifs is 2. The molecule has 0 spiro atoms. The fourth-order valence-corrected chi connectivity index (χ4v) is 6.39. The van der Waals surface area contributed by atoms with E-state index in [4.69, 9.17) is 14.5 Å². The van der Waals surface area contributed by atoms with Crippen molar-refractivity contribution in [3.8, 4) is 5.75 Å². The van der Waals surface area contributed by atoms with Gasteiger partial charge in [-0.25, -0.2) is 9.79 Å². The number of aromatic nitrogens is 2. The van der Waals surface area contributed by atoms with Gasteiger partial charge in [0, 0.05) is 22.7 Å². The normalized spacial score (nSPS) is 15.0. The third-order valence-electron chi connectivity index (χ3n) is 7.36. The zero-order chi connectivity index (χ0) is 29.2. The van der Waals surface area contributed by atoms with Crippen LogP contribution in [0.4, 0.5) is 0 Å². The van der Waals surface area contributed by atoms with E-state index in [9.17, 15) is 9.59 Å². The van der Waals surface area contributed by atoms with Gasteiger partial charge < -0.3 is 14.0 Å². The Balaban J connectivity index is 1.43. The highest BCUT2D eigenvalue weighted by Gasteiger charge is 2.33. The van der Waals surface area contributed by atoms with Crippen molar-refractivity contribution in [2.45, 2.75) is 33.4 Å². The van der Waals surface area contributed by atoms with Gasteiger partial charge in [0.1, 0.15) is 12.4 Å². The number of nitrogens with zero attached hydrogens (tertiary/aromatic N) is 3.